The highest BCUT2D eigenvalue weighted by Crippen LogP contribution is 2.36. The molecule has 0 radical (unpaired) electrons. The number of nitrogens with one attached hydrogen (secondary N) is 1. The van der Waals surface area contributed by atoms with Gasteiger partial charge in [-0.3, -0.25) is 9.48 Å². The molecule has 0 saturated heterocycles. The maximum absolute atomic E-state index is 13.4. The molecule has 4 aromatic rings. The number of aromatic nitrogens is 5. The molecule has 3 aromatic heterocycles. The van der Waals surface area contributed by atoms with Crippen LogP contribution in [-0.4, -0.2) is 49.2 Å². The minimum absolute atomic E-state index is 0.0211. The minimum atomic E-state index is -0.553. The highest BCUT2D eigenvalue weighted by atomic mass is 16.6. The van der Waals surface area contributed by atoms with Gasteiger partial charge in [0.05, 0.1) is 29.1 Å². The fourth-order valence-electron chi connectivity index (χ4n) is 5.14. The monoisotopic (exact) mass is 504 g/mol. The van der Waals surface area contributed by atoms with E-state index in [9.17, 15) is 9.59 Å². The third kappa shape index (κ3) is 4.75. The third-order valence-electron chi connectivity index (χ3n) is 6.74. The zero-order valence-corrected chi connectivity index (χ0v) is 22.0. The van der Waals surface area contributed by atoms with Crippen molar-refractivity contribution in [3.05, 3.63) is 46.6 Å². The van der Waals surface area contributed by atoms with Gasteiger partial charge in [0.2, 0.25) is 0 Å². The van der Waals surface area contributed by atoms with E-state index in [0.717, 1.165) is 34.9 Å². The zero-order chi connectivity index (χ0) is 26.5. The summed E-state index contributed by atoms with van der Waals surface area (Å²) in [5.74, 6) is 1.14. The van der Waals surface area contributed by atoms with Gasteiger partial charge in [-0.15, -0.1) is 0 Å². The Balaban J connectivity index is 1.43. The van der Waals surface area contributed by atoms with E-state index in [1.54, 1.807) is 28.8 Å². The fraction of sp³-hybridized carbons (Fsp3) is 0.444. The predicted octanol–water partition coefficient (Wildman–Crippen LogP) is 4.28. The average Bonchev–Trinajstić information content (AvgIpc) is 3.43. The third-order valence-corrected chi connectivity index (χ3v) is 6.74. The Labute approximate surface area is 214 Å². The molecule has 0 aliphatic heterocycles. The quantitative estimate of drug-likeness (QED) is 0.441. The van der Waals surface area contributed by atoms with Crippen molar-refractivity contribution in [1.82, 2.24) is 29.6 Å². The molecule has 194 valence electrons. The smallest absolute Gasteiger partial charge is 0.407 e. The SMILES string of the molecule is COc1c(-c2ncc3c(=O)n([C@H]4CC[C@@H](NC(=O)OC(C)(C)C)C4)ccc3n2)cc2cn(C)nc2c1C. The van der Waals surface area contributed by atoms with E-state index in [4.69, 9.17) is 14.5 Å². The van der Waals surface area contributed by atoms with E-state index in [0.29, 0.717) is 28.9 Å². The molecule has 1 amide bonds. The number of alkyl carbamates (subject to hydrolysis) is 1. The van der Waals surface area contributed by atoms with Gasteiger partial charge in [-0.2, -0.15) is 5.10 Å². The van der Waals surface area contributed by atoms with E-state index in [1.165, 1.54) is 0 Å². The number of benzene rings is 1. The van der Waals surface area contributed by atoms with Crippen LogP contribution in [0, 0.1) is 6.92 Å². The molecule has 1 N–H and O–H groups in total. The van der Waals surface area contributed by atoms with Gasteiger partial charge in [0.1, 0.15) is 11.4 Å². The van der Waals surface area contributed by atoms with E-state index in [2.05, 4.69) is 15.4 Å². The molecule has 1 aliphatic carbocycles. The Bertz CT molecular complexity index is 1570. The van der Waals surface area contributed by atoms with Gasteiger partial charge in [0.25, 0.3) is 5.56 Å². The van der Waals surface area contributed by atoms with Crippen LogP contribution >= 0.6 is 0 Å². The van der Waals surface area contributed by atoms with Crippen molar-refractivity contribution in [2.75, 3.05) is 7.11 Å². The van der Waals surface area contributed by atoms with Crippen LogP contribution in [0.5, 0.6) is 5.75 Å². The van der Waals surface area contributed by atoms with Crippen molar-refractivity contribution in [3.8, 4) is 17.1 Å². The van der Waals surface area contributed by atoms with Crippen molar-refractivity contribution in [2.24, 2.45) is 7.05 Å². The van der Waals surface area contributed by atoms with Crippen LogP contribution in [0.15, 0.2) is 35.5 Å². The predicted molar refractivity (Wildman–Crippen MR) is 141 cm³/mol. The van der Waals surface area contributed by atoms with E-state index in [1.807, 2.05) is 53.1 Å². The second-order valence-corrected chi connectivity index (χ2v) is 10.7. The molecule has 1 aromatic carbocycles. The molecule has 10 nitrogen and oxygen atoms in total. The van der Waals surface area contributed by atoms with E-state index < -0.39 is 11.7 Å². The number of rotatable bonds is 4. The van der Waals surface area contributed by atoms with Crippen molar-refractivity contribution in [2.45, 2.75) is 64.6 Å². The summed E-state index contributed by atoms with van der Waals surface area (Å²) in [6.45, 7) is 7.46. The number of ether oxygens (including phenoxy) is 2. The molecular formula is C27H32N6O4. The van der Waals surface area contributed by atoms with Gasteiger partial charge in [-0.25, -0.2) is 14.8 Å². The van der Waals surface area contributed by atoms with Crippen LogP contribution in [0.4, 0.5) is 4.79 Å². The van der Waals surface area contributed by atoms with Gasteiger partial charge in [-0.1, -0.05) is 0 Å². The van der Waals surface area contributed by atoms with E-state index >= 15 is 0 Å². The zero-order valence-electron chi connectivity index (χ0n) is 22.0. The van der Waals surface area contributed by atoms with Crippen LogP contribution in [0.2, 0.25) is 0 Å². The number of nitrogens with zero attached hydrogens (tertiary/aromatic N) is 5. The summed E-state index contributed by atoms with van der Waals surface area (Å²) in [5.41, 5.74) is 2.39. The first-order chi connectivity index (χ1) is 17.5. The largest absolute Gasteiger partial charge is 0.496 e. The van der Waals surface area contributed by atoms with Crippen molar-refractivity contribution in [3.63, 3.8) is 0 Å². The minimum Gasteiger partial charge on any atom is -0.496 e. The maximum atomic E-state index is 13.4. The number of hydrogen-bond donors (Lipinski definition) is 1. The fourth-order valence-corrected chi connectivity index (χ4v) is 5.14. The Morgan fingerprint density at radius 3 is 2.76 bits per heavy atom. The summed E-state index contributed by atoms with van der Waals surface area (Å²) in [4.78, 5) is 34.8. The van der Waals surface area contributed by atoms with E-state index in [-0.39, 0.29) is 17.6 Å². The summed E-state index contributed by atoms with van der Waals surface area (Å²) in [7, 11) is 3.50. The second-order valence-electron chi connectivity index (χ2n) is 10.7. The Morgan fingerprint density at radius 1 is 1.24 bits per heavy atom. The van der Waals surface area contributed by atoms with Crippen LogP contribution in [0.1, 0.15) is 51.6 Å². The summed E-state index contributed by atoms with van der Waals surface area (Å²) in [6.07, 6.45) is 7.11. The Kier molecular flexibility index (Phi) is 6.13. The lowest BCUT2D eigenvalue weighted by Gasteiger charge is -2.22. The number of amides is 1. The van der Waals surface area contributed by atoms with Crippen molar-refractivity contribution < 1.29 is 14.3 Å². The van der Waals surface area contributed by atoms with Gasteiger partial charge in [0.15, 0.2) is 5.82 Å². The normalized spacial score (nSPS) is 17.9. The van der Waals surface area contributed by atoms with Gasteiger partial charge < -0.3 is 19.4 Å². The number of aryl methyl sites for hydroxylation is 2. The summed E-state index contributed by atoms with van der Waals surface area (Å²) in [5, 5.41) is 8.87. The van der Waals surface area contributed by atoms with Crippen LogP contribution in [0.3, 0.4) is 0 Å². The topological polar surface area (TPSA) is 113 Å². The second kappa shape index (κ2) is 9.17. The summed E-state index contributed by atoms with van der Waals surface area (Å²) < 4.78 is 14.6. The van der Waals surface area contributed by atoms with Crippen molar-refractivity contribution >= 4 is 27.9 Å². The first-order valence-electron chi connectivity index (χ1n) is 12.4. The number of fused-ring (bicyclic) bond motifs is 2. The van der Waals surface area contributed by atoms with Crippen molar-refractivity contribution in [1.29, 1.82) is 0 Å². The highest BCUT2D eigenvalue weighted by molar-refractivity contribution is 5.91. The molecule has 0 spiro atoms. The lowest BCUT2D eigenvalue weighted by molar-refractivity contribution is 0.0504. The lowest BCUT2D eigenvalue weighted by Crippen LogP contribution is -2.38. The molecule has 10 heteroatoms. The molecule has 0 unspecified atom stereocenters. The molecule has 2 atom stereocenters. The number of pyridine rings is 1. The Morgan fingerprint density at radius 2 is 2.03 bits per heavy atom. The average molecular weight is 505 g/mol. The van der Waals surface area contributed by atoms with Crippen LogP contribution in [-0.2, 0) is 11.8 Å². The number of carbonyl (C=O) groups is 1. The molecule has 0 bridgehead atoms. The van der Waals surface area contributed by atoms with Gasteiger partial charge >= 0.3 is 6.09 Å². The Hall–Kier alpha value is -3.95. The van der Waals surface area contributed by atoms with Crippen LogP contribution in [0.25, 0.3) is 33.2 Å². The summed E-state index contributed by atoms with van der Waals surface area (Å²) >= 11 is 0. The first-order valence-corrected chi connectivity index (χ1v) is 12.4. The first kappa shape index (κ1) is 24.7. The highest BCUT2D eigenvalue weighted by Gasteiger charge is 2.29. The summed E-state index contributed by atoms with van der Waals surface area (Å²) in [6, 6.07) is 3.75. The molecule has 1 saturated carbocycles. The molecule has 37 heavy (non-hydrogen) atoms. The number of hydrogen-bond acceptors (Lipinski definition) is 7. The molecule has 1 fully saturated rings. The van der Waals surface area contributed by atoms with Crippen LogP contribution < -0.4 is 15.6 Å². The van der Waals surface area contributed by atoms with Gasteiger partial charge in [0, 0.05) is 48.7 Å². The van der Waals surface area contributed by atoms with Gasteiger partial charge in [-0.05, 0) is 59.1 Å². The number of methoxy groups -OCH3 is 1. The lowest BCUT2D eigenvalue weighted by atomic mass is 10.0. The standard InChI is InChI=1S/C27H32N6O4/c1-15-22-16(14-32(5)31-22)11-19(23(15)36-6)24-28-13-20-21(30-24)9-10-33(25(20)34)18-8-7-17(12-18)29-26(35)37-27(2,3)4/h9-11,13-14,17-18H,7-8,12H2,1-6H3,(H,29,35)/t17-,18+/m1/s1. The molecule has 3 heterocycles. The number of carbonyl (C=O) groups excluding carboxylic acids is 1. The molecule has 1 aliphatic rings. The molecule has 5 rings (SSSR count). The molecular weight excluding hydrogens is 472 g/mol. The maximum Gasteiger partial charge on any atom is 0.407 e.